The van der Waals surface area contributed by atoms with Crippen molar-refractivity contribution in [1.82, 2.24) is 10.3 Å². The summed E-state index contributed by atoms with van der Waals surface area (Å²) in [6.45, 7) is 8.03. The molecule has 0 bridgehead atoms. The van der Waals surface area contributed by atoms with Crippen molar-refractivity contribution < 1.29 is 0 Å². The Kier molecular flexibility index (Phi) is 5.07. The number of hydrogen-bond donors (Lipinski definition) is 1. The maximum atomic E-state index is 4.46. The van der Waals surface area contributed by atoms with Crippen LogP contribution in [0.1, 0.15) is 33.6 Å². The highest BCUT2D eigenvalue weighted by molar-refractivity contribution is 7.99. The zero-order valence-electron chi connectivity index (χ0n) is 11.6. The van der Waals surface area contributed by atoms with Gasteiger partial charge in [0.2, 0.25) is 0 Å². The molecule has 0 radical (unpaired) electrons. The van der Waals surface area contributed by atoms with E-state index in [1.807, 2.05) is 24.0 Å². The van der Waals surface area contributed by atoms with Crippen LogP contribution >= 0.6 is 11.8 Å². The lowest BCUT2D eigenvalue weighted by molar-refractivity contribution is 0.251. The highest BCUT2D eigenvalue weighted by atomic mass is 32.2. The molecule has 0 aromatic carbocycles. The maximum Gasteiger partial charge on any atom is 0.0963 e. The molecule has 1 aliphatic rings. The first kappa shape index (κ1) is 13.9. The highest BCUT2D eigenvalue weighted by Gasteiger charge is 2.34. The summed E-state index contributed by atoms with van der Waals surface area (Å²) < 4.78 is 0. The van der Waals surface area contributed by atoms with E-state index in [-0.39, 0.29) is 0 Å². The molecule has 1 aromatic heterocycles. The molecule has 1 aromatic rings. The standard InChI is InChI=1S/C15H24N2S/c1-4-16-13-10-11(2)9-12(3)15(13)18-14-7-5-6-8-17-14/h5-8,11-13,15-16H,4,9-10H2,1-3H3. The van der Waals surface area contributed by atoms with E-state index in [0.29, 0.717) is 11.3 Å². The molecule has 4 unspecified atom stereocenters. The highest BCUT2D eigenvalue weighted by Crippen LogP contribution is 2.38. The lowest BCUT2D eigenvalue weighted by atomic mass is 9.80. The summed E-state index contributed by atoms with van der Waals surface area (Å²) in [4.78, 5) is 4.46. The van der Waals surface area contributed by atoms with Crippen LogP contribution in [0.25, 0.3) is 0 Å². The van der Waals surface area contributed by atoms with Gasteiger partial charge in [-0.1, -0.05) is 26.8 Å². The molecule has 1 fully saturated rings. The Morgan fingerprint density at radius 1 is 1.33 bits per heavy atom. The Morgan fingerprint density at radius 2 is 2.17 bits per heavy atom. The van der Waals surface area contributed by atoms with Crippen molar-refractivity contribution in [3.05, 3.63) is 24.4 Å². The Bertz CT molecular complexity index is 355. The Hall–Kier alpha value is -0.540. The average molecular weight is 264 g/mol. The van der Waals surface area contributed by atoms with Crippen molar-refractivity contribution >= 4 is 11.8 Å². The normalized spacial score (nSPS) is 32.4. The number of pyridine rings is 1. The van der Waals surface area contributed by atoms with E-state index in [1.54, 1.807) is 0 Å². The van der Waals surface area contributed by atoms with Gasteiger partial charge < -0.3 is 5.32 Å². The van der Waals surface area contributed by atoms with E-state index < -0.39 is 0 Å². The van der Waals surface area contributed by atoms with E-state index in [0.717, 1.165) is 23.4 Å². The largest absolute Gasteiger partial charge is 0.313 e. The summed E-state index contributed by atoms with van der Waals surface area (Å²) in [6, 6.07) is 6.81. The second-order valence-electron chi connectivity index (χ2n) is 5.47. The maximum absolute atomic E-state index is 4.46. The molecule has 1 saturated carbocycles. The van der Waals surface area contributed by atoms with Gasteiger partial charge in [0.05, 0.1) is 5.03 Å². The molecule has 1 N–H and O–H groups in total. The van der Waals surface area contributed by atoms with Gasteiger partial charge in [0.25, 0.3) is 0 Å². The second kappa shape index (κ2) is 6.58. The van der Waals surface area contributed by atoms with Crippen LogP contribution in [-0.2, 0) is 0 Å². The van der Waals surface area contributed by atoms with Crippen molar-refractivity contribution in [3.8, 4) is 0 Å². The van der Waals surface area contributed by atoms with Crippen LogP contribution in [0.5, 0.6) is 0 Å². The van der Waals surface area contributed by atoms with Crippen molar-refractivity contribution in [2.24, 2.45) is 11.8 Å². The van der Waals surface area contributed by atoms with Gasteiger partial charge in [0.1, 0.15) is 0 Å². The number of hydrogen-bond acceptors (Lipinski definition) is 3. The number of rotatable bonds is 4. The third-order valence-electron chi connectivity index (χ3n) is 3.75. The van der Waals surface area contributed by atoms with Gasteiger partial charge >= 0.3 is 0 Å². The molecule has 0 amide bonds. The fraction of sp³-hybridized carbons (Fsp3) is 0.667. The van der Waals surface area contributed by atoms with Crippen LogP contribution in [0.3, 0.4) is 0 Å². The Morgan fingerprint density at radius 3 is 2.83 bits per heavy atom. The van der Waals surface area contributed by atoms with Crippen molar-refractivity contribution in [3.63, 3.8) is 0 Å². The first-order chi connectivity index (χ1) is 8.70. The zero-order valence-corrected chi connectivity index (χ0v) is 12.4. The second-order valence-corrected chi connectivity index (χ2v) is 6.67. The number of nitrogens with one attached hydrogen (secondary N) is 1. The summed E-state index contributed by atoms with van der Waals surface area (Å²) in [5, 5.41) is 5.48. The molecule has 0 saturated heterocycles. The van der Waals surface area contributed by atoms with E-state index in [4.69, 9.17) is 0 Å². The molecule has 4 atom stereocenters. The van der Waals surface area contributed by atoms with Gasteiger partial charge in [0, 0.05) is 17.5 Å². The minimum absolute atomic E-state index is 0.626. The summed E-state index contributed by atoms with van der Waals surface area (Å²) in [5.41, 5.74) is 0. The van der Waals surface area contributed by atoms with E-state index in [9.17, 15) is 0 Å². The zero-order chi connectivity index (χ0) is 13.0. The lowest BCUT2D eigenvalue weighted by Crippen LogP contribution is -2.46. The van der Waals surface area contributed by atoms with Crippen LogP contribution in [0.2, 0.25) is 0 Å². The predicted octanol–water partition coefficient (Wildman–Crippen LogP) is 3.59. The van der Waals surface area contributed by atoms with E-state index in [2.05, 4.69) is 43.2 Å². The molecule has 0 aliphatic heterocycles. The number of aromatic nitrogens is 1. The molecular weight excluding hydrogens is 240 g/mol. The molecule has 2 rings (SSSR count). The van der Waals surface area contributed by atoms with Crippen LogP contribution in [0, 0.1) is 11.8 Å². The van der Waals surface area contributed by atoms with E-state index >= 15 is 0 Å². The minimum Gasteiger partial charge on any atom is -0.313 e. The molecule has 1 heterocycles. The quantitative estimate of drug-likeness (QED) is 0.899. The van der Waals surface area contributed by atoms with Crippen molar-refractivity contribution in [2.75, 3.05) is 6.54 Å². The lowest BCUT2D eigenvalue weighted by Gasteiger charge is -2.39. The monoisotopic (exact) mass is 264 g/mol. The van der Waals surface area contributed by atoms with Gasteiger partial charge in [-0.2, -0.15) is 0 Å². The first-order valence-electron chi connectivity index (χ1n) is 7.01. The molecular formula is C15H24N2S. The molecule has 1 aliphatic carbocycles. The van der Waals surface area contributed by atoms with Gasteiger partial charge in [-0.05, 0) is 43.4 Å². The topological polar surface area (TPSA) is 24.9 Å². The van der Waals surface area contributed by atoms with Gasteiger partial charge in [-0.25, -0.2) is 4.98 Å². The summed E-state index contributed by atoms with van der Waals surface area (Å²) in [6.07, 6.45) is 4.52. The Labute approximate surface area is 115 Å². The van der Waals surface area contributed by atoms with Crippen LogP contribution in [-0.4, -0.2) is 22.8 Å². The van der Waals surface area contributed by atoms with Crippen molar-refractivity contribution in [1.29, 1.82) is 0 Å². The van der Waals surface area contributed by atoms with Crippen LogP contribution in [0.4, 0.5) is 0 Å². The van der Waals surface area contributed by atoms with Gasteiger partial charge in [0.15, 0.2) is 0 Å². The molecule has 100 valence electrons. The minimum atomic E-state index is 0.626. The van der Waals surface area contributed by atoms with Crippen molar-refractivity contribution in [2.45, 2.75) is 49.9 Å². The van der Waals surface area contributed by atoms with Gasteiger partial charge in [-0.3, -0.25) is 0 Å². The third-order valence-corrected chi connectivity index (χ3v) is 5.30. The summed E-state index contributed by atoms with van der Waals surface area (Å²) in [7, 11) is 0. The molecule has 2 nitrogen and oxygen atoms in total. The molecule has 18 heavy (non-hydrogen) atoms. The Balaban J connectivity index is 2.07. The van der Waals surface area contributed by atoms with E-state index in [1.165, 1.54) is 12.8 Å². The van der Waals surface area contributed by atoms with Crippen LogP contribution < -0.4 is 5.32 Å². The fourth-order valence-corrected chi connectivity index (χ4v) is 4.32. The average Bonchev–Trinajstić information content (AvgIpc) is 2.35. The summed E-state index contributed by atoms with van der Waals surface area (Å²) in [5.74, 6) is 1.59. The molecule has 3 heteroatoms. The first-order valence-corrected chi connectivity index (χ1v) is 7.89. The number of thioether (sulfide) groups is 1. The third kappa shape index (κ3) is 3.48. The predicted molar refractivity (Wildman–Crippen MR) is 78.9 cm³/mol. The smallest absolute Gasteiger partial charge is 0.0963 e. The molecule has 0 spiro atoms. The van der Waals surface area contributed by atoms with Gasteiger partial charge in [-0.15, -0.1) is 11.8 Å². The number of nitrogens with zero attached hydrogens (tertiary/aromatic N) is 1. The fourth-order valence-electron chi connectivity index (χ4n) is 3.05. The van der Waals surface area contributed by atoms with Crippen LogP contribution in [0.15, 0.2) is 29.4 Å². The SMILES string of the molecule is CCNC1CC(C)CC(C)C1Sc1ccccn1. The summed E-state index contributed by atoms with van der Waals surface area (Å²) >= 11 is 1.95.